The van der Waals surface area contributed by atoms with Crippen molar-refractivity contribution in [2.45, 2.75) is 6.42 Å². The molecule has 0 aliphatic carbocycles. The number of amides is 1. The van der Waals surface area contributed by atoms with Crippen LogP contribution in [0.1, 0.15) is 6.42 Å². The van der Waals surface area contributed by atoms with Gasteiger partial charge in [-0.15, -0.1) is 0 Å². The first-order chi connectivity index (χ1) is 14.4. The zero-order chi connectivity index (χ0) is 21.9. The first kappa shape index (κ1) is 23.2. The average Bonchev–Trinajstić information content (AvgIpc) is 2.75. The Hall–Kier alpha value is -3.10. The predicted octanol–water partition coefficient (Wildman–Crippen LogP) is 2.65. The maximum Gasteiger partial charge on any atom is 0.414 e. The molecular formula is C21H24ClN3O5. The number of hydrogen-bond donors (Lipinski definition) is 3. The summed E-state index contributed by atoms with van der Waals surface area (Å²) in [5, 5.41) is 18.2. The summed E-state index contributed by atoms with van der Waals surface area (Å²) in [6, 6.07) is 17.8. The second-order valence-electron chi connectivity index (χ2n) is 6.55. The Morgan fingerprint density at radius 3 is 2.00 bits per heavy atom. The van der Waals surface area contributed by atoms with Crippen LogP contribution in [0.3, 0.4) is 0 Å². The number of hydrogen-bond acceptors (Lipinski definition) is 5. The van der Waals surface area contributed by atoms with Gasteiger partial charge in [0.05, 0.1) is 10.7 Å². The SMILES string of the molecule is O=C(CCN1CCN(c2ccccc2)CC1)Nc1ccccc1Cl.O=C(O)C(=O)O. The highest BCUT2D eigenvalue weighted by Gasteiger charge is 2.17. The van der Waals surface area contributed by atoms with Crippen molar-refractivity contribution in [3.05, 3.63) is 59.6 Å². The Kier molecular flexibility index (Phi) is 9.11. The third-order valence-corrected chi connectivity index (χ3v) is 4.81. The summed E-state index contributed by atoms with van der Waals surface area (Å²) < 4.78 is 0. The zero-order valence-corrected chi connectivity index (χ0v) is 17.1. The summed E-state index contributed by atoms with van der Waals surface area (Å²) in [4.78, 5) is 35.0. The quantitative estimate of drug-likeness (QED) is 0.621. The molecule has 0 atom stereocenters. The van der Waals surface area contributed by atoms with Gasteiger partial charge in [-0.05, 0) is 24.3 Å². The van der Waals surface area contributed by atoms with Crippen molar-refractivity contribution in [1.82, 2.24) is 4.90 Å². The van der Waals surface area contributed by atoms with E-state index >= 15 is 0 Å². The minimum atomic E-state index is -1.82. The summed E-state index contributed by atoms with van der Waals surface area (Å²) >= 11 is 6.06. The molecule has 1 fully saturated rings. The molecule has 0 spiro atoms. The molecule has 30 heavy (non-hydrogen) atoms. The van der Waals surface area contributed by atoms with E-state index in [1.54, 1.807) is 6.07 Å². The minimum absolute atomic E-state index is 0.00795. The fraction of sp³-hybridized carbons (Fsp3) is 0.286. The lowest BCUT2D eigenvalue weighted by atomic mass is 10.2. The second-order valence-corrected chi connectivity index (χ2v) is 6.96. The third kappa shape index (κ3) is 7.73. The fourth-order valence-electron chi connectivity index (χ4n) is 2.90. The molecule has 1 aliphatic heterocycles. The molecule has 0 radical (unpaired) electrons. The number of anilines is 2. The average molecular weight is 434 g/mol. The van der Waals surface area contributed by atoms with E-state index in [9.17, 15) is 4.79 Å². The number of nitrogens with zero attached hydrogens (tertiary/aromatic N) is 2. The van der Waals surface area contributed by atoms with Crippen molar-refractivity contribution in [3.8, 4) is 0 Å². The van der Waals surface area contributed by atoms with Crippen molar-refractivity contribution in [2.24, 2.45) is 0 Å². The molecule has 2 aromatic carbocycles. The molecule has 0 saturated carbocycles. The van der Waals surface area contributed by atoms with E-state index < -0.39 is 11.9 Å². The van der Waals surface area contributed by atoms with Crippen molar-refractivity contribution < 1.29 is 24.6 Å². The van der Waals surface area contributed by atoms with Crippen LogP contribution in [-0.2, 0) is 14.4 Å². The molecule has 1 aliphatic rings. The molecule has 1 amide bonds. The number of nitrogens with one attached hydrogen (secondary N) is 1. The van der Waals surface area contributed by atoms with E-state index in [0.717, 1.165) is 32.7 Å². The number of aliphatic carboxylic acids is 2. The van der Waals surface area contributed by atoms with E-state index in [0.29, 0.717) is 17.1 Å². The van der Waals surface area contributed by atoms with Crippen LogP contribution >= 0.6 is 11.6 Å². The summed E-state index contributed by atoms with van der Waals surface area (Å²) in [5.41, 5.74) is 1.95. The van der Waals surface area contributed by atoms with Crippen LogP contribution < -0.4 is 10.2 Å². The first-order valence-electron chi connectivity index (χ1n) is 9.39. The molecule has 0 aromatic heterocycles. The van der Waals surface area contributed by atoms with Crippen LogP contribution in [0.2, 0.25) is 5.02 Å². The lowest BCUT2D eigenvalue weighted by Crippen LogP contribution is -2.47. The summed E-state index contributed by atoms with van der Waals surface area (Å²) in [6.07, 6.45) is 0.483. The van der Waals surface area contributed by atoms with Gasteiger partial charge in [0.15, 0.2) is 0 Å². The van der Waals surface area contributed by atoms with Gasteiger partial charge in [-0.1, -0.05) is 41.9 Å². The molecule has 3 N–H and O–H groups in total. The highest BCUT2D eigenvalue weighted by Crippen LogP contribution is 2.20. The highest BCUT2D eigenvalue weighted by molar-refractivity contribution is 6.33. The van der Waals surface area contributed by atoms with Gasteiger partial charge in [0.25, 0.3) is 0 Å². The Balaban J connectivity index is 0.000000469. The maximum atomic E-state index is 12.1. The van der Waals surface area contributed by atoms with Crippen molar-refractivity contribution in [3.63, 3.8) is 0 Å². The number of carbonyl (C=O) groups excluding carboxylic acids is 1. The monoisotopic (exact) mass is 433 g/mol. The van der Waals surface area contributed by atoms with Crippen LogP contribution in [0.15, 0.2) is 54.6 Å². The molecule has 0 bridgehead atoms. The molecule has 2 aromatic rings. The predicted molar refractivity (Wildman–Crippen MR) is 115 cm³/mol. The molecule has 8 nitrogen and oxygen atoms in total. The summed E-state index contributed by atoms with van der Waals surface area (Å²) in [7, 11) is 0. The number of carboxylic acid groups (broad SMARTS) is 2. The molecule has 0 unspecified atom stereocenters. The molecular weight excluding hydrogens is 410 g/mol. The molecule has 1 heterocycles. The number of carboxylic acids is 2. The summed E-state index contributed by atoms with van der Waals surface area (Å²) in [6.45, 7) is 4.73. The standard InChI is InChI=1S/C19H22ClN3O.C2H2O4/c20-17-8-4-5-9-18(17)21-19(24)10-11-22-12-14-23(15-13-22)16-6-2-1-3-7-16;3-1(4)2(5)6/h1-9H,10-15H2,(H,21,24);(H,3,4)(H,5,6). The summed E-state index contributed by atoms with van der Waals surface area (Å²) in [5.74, 6) is -3.64. The highest BCUT2D eigenvalue weighted by atomic mass is 35.5. The van der Waals surface area contributed by atoms with Crippen LogP contribution in [0.5, 0.6) is 0 Å². The van der Waals surface area contributed by atoms with Gasteiger partial charge in [-0.25, -0.2) is 9.59 Å². The van der Waals surface area contributed by atoms with E-state index in [2.05, 4.69) is 39.4 Å². The van der Waals surface area contributed by atoms with Crippen LogP contribution in [0, 0.1) is 0 Å². The smallest absolute Gasteiger partial charge is 0.414 e. The number of para-hydroxylation sites is 2. The molecule has 160 valence electrons. The van der Waals surface area contributed by atoms with Crippen LogP contribution in [0.25, 0.3) is 0 Å². The molecule has 9 heteroatoms. The molecule has 3 rings (SSSR count). The number of rotatable bonds is 5. The Bertz CT molecular complexity index is 843. The Morgan fingerprint density at radius 1 is 0.867 bits per heavy atom. The number of carbonyl (C=O) groups is 3. The van der Waals surface area contributed by atoms with Gasteiger partial charge < -0.3 is 20.4 Å². The van der Waals surface area contributed by atoms with Crippen LogP contribution in [0.4, 0.5) is 11.4 Å². The van der Waals surface area contributed by atoms with Gasteiger partial charge in [0.1, 0.15) is 0 Å². The lowest BCUT2D eigenvalue weighted by molar-refractivity contribution is -0.159. The number of benzene rings is 2. The van der Waals surface area contributed by atoms with Crippen molar-refractivity contribution in [2.75, 3.05) is 42.9 Å². The van der Waals surface area contributed by atoms with Gasteiger partial charge in [-0.2, -0.15) is 0 Å². The maximum absolute atomic E-state index is 12.1. The van der Waals surface area contributed by atoms with Gasteiger partial charge in [0.2, 0.25) is 5.91 Å². The zero-order valence-electron chi connectivity index (χ0n) is 16.3. The number of halogens is 1. The van der Waals surface area contributed by atoms with Gasteiger partial charge >= 0.3 is 11.9 Å². The first-order valence-corrected chi connectivity index (χ1v) is 9.77. The fourth-order valence-corrected chi connectivity index (χ4v) is 3.09. The topological polar surface area (TPSA) is 110 Å². The van der Waals surface area contributed by atoms with E-state index in [1.807, 2.05) is 24.3 Å². The minimum Gasteiger partial charge on any atom is -0.473 e. The van der Waals surface area contributed by atoms with Gasteiger partial charge in [0, 0.05) is 44.8 Å². The van der Waals surface area contributed by atoms with Crippen molar-refractivity contribution >= 4 is 40.8 Å². The Labute approximate surface area is 179 Å². The van der Waals surface area contributed by atoms with E-state index in [4.69, 9.17) is 31.4 Å². The Morgan fingerprint density at radius 2 is 1.43 bits per heavy atom. The largest absolute Gasteiger partial charge is 0.473 e. The lowest BCUT2D eigenvalue weighted by Gasteiger charge is -2.36. The normalized spacial score (nSPS) is 13.7. The van der Waals surface area contributed by atoms with Gasteiger partial charge in [-0.3, -0.25) is 9.69 Å². The van der Waals surface area contributed by atoms with E-state index in [1.165, 1.54) is 5.69 Å². The second kappa shape index (κ2) is 11.8. The van der Waals surface area contributed by atoms with Crippen molar-refractivity contribution in [1.29, 1.82) is 0 Å². The van der Waals surface area contributed by atoms with E-state index in [-0.39, 0.29) is 5.91 Å². The third-order valence-electron chi connectivity index (χ3n) is 4.48. The van der Waals surface area contributed by atoms with Crippen LogP contribution in [-0.4, -0.2) is 65.7 Å². The number of piperazine rings is 1. The molecule has 1 saturated heterocycles.